The number of unbranched alkanes of at least 4 members (excludes halogenated alkanes) is 4. The van der Waals surface area contributed by atoms with Crippen molar-refractivity contribution < 1.29 is 10.2 Å². The molecule has 4 heteroatoms. The van der Waals surface area contributed by atoms with E-state index < -0.39 is 0 Å². The smallest absolute Gasteiger partial charge is 0.128 e. The Balaban J connectivity index is 1.90. The lowest BCUT2D eigenvalue weighted by Crippen LogP contribution is -2.27. The zero-order valence-corrected chi connectivity index (χ0v) is 27.9. The van der Waals surface area contributed by atoms with Gasteiger partial charge >= 0.3 is 0 Å². The minimum absolute atomic E-state index is 0.0631. The highest BCUT2D eigenvalue weighted by Crippen LogP contribution is 2.36. The van der Waals surface area contributed by atoms with Crippen LogP contribution in [-0.4, -0.2) is 34.7 Å². The Morgan fingerprint density at radius 1 is 0.643 bits per heavy atom. The minimum Gasteiger partial charge on any atom is -0.507 e. The molecule has 1 aliphatic rings. The lowest BCUT2D eigenvalue weighted by Gasteiger charge is -2.26. The van der Waals surface area contributed by atoms with Gasteiger partial charge in [0.15, 0.2) is 0 Å². The van der Waals surface area contributed by atoms with Gasteiger partial charge in [-0.15, -0.1) is 0 Å². The third kappa shape index (κ3) is 9.44. The molecule has 0 aromatic heterocycles. The molecule has 3 rings (SSSR count). The van der Waals surface area contributed by atoms with Crippen LogP contribution in [0.3, 0.4) is 0 Å². The summed E-state index contributed by atoms with van der Waals surface area (Å²) in [5, 5.41) is 22.5. The van der Waals surface area contributed by atoms with E-state index in [2.05, 4.69) is 79.7 Å². The van der Waals surface area contributed by atoms with E-state index >= 15 is 0 Å². The van der Waals surface area contributed by atoms with Crippen LogP contribution in [0, 0.1) is 0 Å². The van der Waals surface area contributed by atoms with Crippen molar-refractivity contribution in [2.45, 2.75) is 155 Å². The Bertz CT molecular complexity index is 1120. The van der Waals surface area contributed by atoms with E-state index in [1.54, 1.807) is 0 Å². The molecule has 232 valence electrons. The van der Waals surface area contributed by atoms with Gasteiger partial charge in [0.1, 0.15) is 11.5 Å². The highest BCUT2D eigenvalue weighted by atomic mass is 16.3. The molecule has 2 unspecified atom stereocenters. The predicted octanol–water partition coefficient (Wildman–Crippen LogP) is 10.0. The molecule has 2 N–H and O–H groups in total. The molecule has 2 aromatic carbocycles. The van der Waals surface area contributed by atoms with Gasteiger partial charge in [0, 0.05) is 34.7 Å². The van der Waals surface area contributed by atoms with Gasteiger partial charge in [0.05, 0.1) is 12.1 Å². The van der Waals surface area contributed by atoms with Gasteiger partial charge in [0.25, 0.3) is 0 Å². The molecule has 1 aliphatic carbocycles. The van der Waals surface area contributed by atoms with Crippen molar-refractivity contribution in [1.82, 2.24) is 0 Å². The Morgan fingerprint density at radius 2 is 1.02 bits per heavy atom. The molecule has 0 radical (unpaired) electrons. The van der Waals surface area contributed by atoms with Crippen molar-refractivity contribution in [1.29, 1.82) is 0 Å². The lowest BCUT2D eigenvalue weighted by molar-refractivity contribution is 0.390. The first-order valence-electron chi connectivity index (χ1n) is 16.6. The summed E-state index contributed by atoms with van der Waals surface area (Å²) in [6.07, 6.45) is 17.2. The number of aromatic hydroxyl groups is 2. The summed E-state index contributed by atoms with van der Waals surface area (Å²) in [6.45, 7) is 17.4. The maximum atomic E-state index is 11.2. The quantitative estimate of drug-likeness (QED) is 0.196. The first-order chi connectivity index (χ1) is 19.8. The van der Waals surface area contributed by atoms with Gasteiger partial charge in [-0.05, 0) is 72.6 Å². The van der Waals surface area contributed by atoms with E-state index in [0.717, 1.165) is 73.6 Å². The van der Waals surface area contributed by atoms with Crippen LogP contribution >= 0.6 is 0 Å². The largest absolute Gasteiger partial charge is 0.507 e. The average molecular weight is 575 g/mol. The zero-order valence-electron chi connectivity index (χ0n) is 27.9. The molecule has 2 atom stereocenters. The Kier molecular flexibility index (Phi) is 12.3. The summed E-state index contributed by atoms with van der Waals surface area (Å²) < 4.78 is 0. The van der Waals surface area contributed by atoms with Crippen molar-refractivity contribution in [3.63, 3.8) is 0 Å². The fourth-order valence-electron chi connectivity index (χ4n) is 6.02. The second kappa shape index (κ2) is 15.2. The first-order valence-corrected chi connectivity index (χ1v) is 16.6. The number of nitrogens with zero attached hydrogens (tertiary/aromatic N) is 2. The summed E-state index contributed by atoms with van der Waals surface area (Å²) in [6, 6.07) is 8.75. The molecule has 0 spiro atoms. The third-order valence-electron chi connectivity index (χ3n) is 8.66. The lowest BCUT2D eigenvalue weighted by atomic mass is 9.83. The highest BCUT2D eigenvalue weighted by Gasteiger charge is 2.26. The van der Waals surface area contributed by atoms with Crippen LogP contribution in [0.4, 0.5) is 0 Å². The normalized spacial score (nSPS) is 18.4. The van der Waals surface area contributed by atoms with E-state index in [-0.39, 0.29) is 22.9 Å². The number of aliphatic imine (C=N–C) groups is 2. The predicted molar refractivity (Wildman–Crippen MR) is 181 cm³/mol. The molecule has 1 saturated carbocycles. The van der Waals surface area contributed by atoms with Gasteiger partial charge in [-0.3, -0.25) is 9.98 Å². The Morgan fingerprint density at radius 3 is 1.36 bits per heavy atom. The standard InChI is InChI=1S/C38H58N2O2/c1-9-11-13-17-27-21-29(35(41)31(23-27)37(3,4)5)25-39-33-19-15-16-20-34(33)40-26-30-22-28(18-14-12-10-2)24-32(36(30)42)38(6,7)8/h21-26,33-34,41-42H,9-20H2,1-8H3/b39-25+,40-26+. The molecule has 4 nitrogen and oxygen atoms in total. The molecule has 0 amide bonds. The van der Waals surface area contributed by atoms with Gasteiger partial charge in [-0.25, -0.2) is 0 Å². The first kappa shape index (κ1) is 33.9. The fraction of sp³-hybridized carbons (Fsp3) is 0.632. The maximum absolute atomic E-state index is 11.2. The number of phenols is 2. The highest BCUT2D eigenvalue weighted by molar-refractivity contribution is 5.86. The minimum atomic E-state index is -0.149. The Hall–Kier alpha value is -2.62. The zero-order chi connectivity index (χ0) is 30.9. The summed E-state index contributed by atoms with van der Waals surface area (Å²) in [7, 11) is 0. The SMILES string of the molecule is CCCCCc1cc(/C=N/C2CCCCC2/N=C/c2cc(CCCCC)cc(C(C)(C)C)c2O)c(O)c(C(C)(C)C)c1. The molecule has 0 aliphatic heterocycles. The van der Waals surface area contributed by atoms with Gasteiger partial charge in [-0.2, -0.15) is 0 Å². The van der Waals surface area contributed by atoms with Crippen LogP contribution < -0.4 is 0 Å². The van der Waals surface area contributed by atoms with E-state index in [1.165, 1.54) is 36.8 Å². The second-order valence-electron chi connectivity index (χ2n) is 14.6. The molecule has 2 aromatic rings. The van der Waals surface area contributed by atoms with Crippen LogP contribution in [0.5, 0.6) is 11.5 Å². The molecular formula is C38H58N2O2. The van der Waals surface area contributed by atoms with Crippen molar-refractivity contribution in [3.8, 4) is 11.5 Å². The van der Waals surface area contributed by atoms with Crippen molar-refractivity contribution in [2.24, 2.45) is 9.98 Å². The van der Waals surface area contributed by atoms with Gasteiger partial charge < -0.3 is 10.2 Å². The molecule has 42 heavy (non-hydrogen) atoms. The number of aryl methyl sites for hydroxylation is 2. The van der Waals surface area contributed by atoms with Crippen molar-refractivity contribution >= 4 is 12.4 Å². The van der Waals surface area contributed by atoms with Crippen molar-refractivity contribution in [3.05, 3.63) is 57.6 Å². The number of hydrogen-bond donors (Lipinski definition) is 2. The topological polar surface area (TPSA) is 65.2 Å². The van der Waals surface area contributed by atoms with Crippen LogP contribution in [0.15, 0.2) is 34.3 Å². The van der Waals surface area contributed by atoms with E-state index in [0.29, 0.717) is 11.5 Å². The summed E-state index contributed by atoms with van der Waals surface area (Å²) in [5.74, 6) is 0.696. The van der Waals surface area contributed by atoms with Gasteiger partial charge in [-0.1, -0.05) is 106 Å². The van der Waals surface area contributed by atoms with E-state index in [9.17, 15) is 10.2 Å². The van der Waals surface area contributed by atoms with Crippen molar-refractivity contribution in [2.75, 3.05) is 0 Å². The van der Waals surface area contributed by atoms with Gasteiger partial charge in [0.2, 0.25) is 0 Å². The monoisotopic (exact) mass is 574 g/mol. The summed E-state index contributed by atoms with van der Waals surface area (Å²) >= 11 is 0. The van der Waals surface area contributed by atoms with Crippen LogP contribution in [0.1, 0.15) is 153 Å². The van der Waals surface area contributed by atoms with Crippen LogP contribution in [0.25, 0.3) is 0 Å². The van der Waals surface area contributed by atoms with Crippen LogP contribution in [-0.2, 0) is 23.7 Å². The molecule has 1 fully saturated rings. The summed E-state index contributed by atoms with van der Waals surface area (Å²) in [4.78, 5) is 10.1. The fourth-order valence-corrected chi connectivity index (χ4v) is 6.02. The summed E-state index contributed by atoms with van der Waals surface area (Å²) in [5.41, 5.74) is 5.85. The molecule has 0 heterocycles. The number of benzene rings is 2. The molecular weight excluding hydrogens is 516 g/mol. The maximum Gasteiger partial charge on any atom is 0.128 e. The van der Waals surface area contributed by atoms with Crippen LogP contribution in [0.2, 0.25) is 0 Å². The number of rotatable bonds is 12. The molecule has 0 bridgehead atoms. The van der Waals surface area contributed by atoms with E-state index in [1.807, 2.05) is 12.4 Å². The Labute approximate surface area is 256 Å². The second-order valence-corrected chi connectivity index (χ2v) is 14.6. The van der Waals surface area contributed by atoms with E-state index in [4.69, 9.17) is 9.98 Å². The number of phenolic OH excluding ortho intramolecular Hbond substituents is 2. The molecule has 0 saturated heterocycles. The third-order valence-corrected chi connectivity index (χ3v) is 8.66. The number of hydrogen-bond acceptors (Lipinski definition) is 4. The average Bonchev–Trinajstić information content (AvgIpc) is 2.92.